The Bertz CT molecular complexity index is 1260. The van der Waals surface area contributed by atoms with Crippen LogP contribution < -0.4 is 14.4 Å². The van der Waals surface area contributed by atoms with Crippen molar-refractivity contribution in [1.29, 1.82) is 0 Å². The fourth-order valence-corrected chi connectivity index (χ4v) is 4.02. The average Bonchev–Trinajstić information content (AvgIpc) is 3.09. The zero-order chi connectivity index (χ0) is 23.7. The third-order valence-corrected chi connectivity index (χ3v) is 5.71. The molecule has 1 atom stereocenters. The Morgan fingerprint density at radius 1 is 0.909 bits per heavy atom. The number of aryl methyl sites for hydroxylation is 1. The van der Waals surface area contributed by atoms with Crippen molar-refractivity contribution >= 4 is 23.1 Å². The Morgan fingerprint density at radius 2 is 1.55 bits per heavy atom. The number of amides is 1. The molecule has 33 heavy (non-hydrogen) atoms. The normalized spacial score (nSPS) is 17.3. The molecule has 1 fully saturated rings. The van der Waals surface area contributed by atoms with Crippen molar-refractivity contribution in [1.82, 2.24) is 0 Å². The number of rotatable bonds is 5. The van der Waals surface area contributed by atoms with Gasteiger partial charge in [0, 0.05) is 5.56 Å². The van der Waals surface area contributed by atoms with Crippen LogP contribution in [0, 0.1) is 6.92 Å². The van der Waals surface area contributed by atoms with Crippen LogP contribution in [-0.2, 0) is 9.59 Å². The van der Waals surface area contributed by atoms with Crippen molar-refractivity contribution in [2.75, 3.05) is 19.1 Å². The molecule has 1 aliphatic rings. The number of hydrogen-bond donors (Lipinski definition) is 2. The number of ether oxygens (including phenoxy) is 2. The number of aliphatic hydroxyl groups is 1. The number of phenols is 1. The van der Waals surface area contributed by atoms with Gasteiger partial charge in [-0.3, -0.25) is 14.5 Å². The van der Waals surface area contributed by atoms with E-state index in [0.717, 1.165) is 0 Å². The second-order valence-electron chi connectivity index (χ2n) is 7.61. The molecule has 1 saturated heterocycles. The van der Waals surface area contributed by atoms with Crippen LogP contribution in [0.2, 0.25) is 0 Å². The number of ketones is 1. The monoisotopic (exact) mass is 445 g/mol. The van der Waals surface area contributed by atoms with E-state index in [1.807, 2.05) is 0 Å². The number of nitrogens with zero attached hydrogens (tertiary/aromatic N) is 1. The minimum Gasteiger partial charge on any atom is -0.507 e. The fourth-order valence-electron chi connectivity index (χ4n) is 4.02. The molecule has 0 bridgehead atoms. The summed E-state index contributed by atoms with van der Waals surface area (Å²) >= 11 is 0. The maximum absolute atomic E-state index is 13.2. The van der Waals surface area contributed by atoms with Crippen LogP contribution in [0.15, 0.2) is 72.3 Å². The minimum atomic E-state index is -0.953. The molecule has 4 rings (SSSR count). The van der Waals surface area contributed by atoms with Gasteiger partial charge in [0.15, 0.2) is 0 Å². The quantitative estimate of drug-likeness (QED) is 0.345. The first-order valence-electron chi connectivity index (χ1n) is 10.2. The predicted molar refractivity (Wildman–Crippen MR) is 124 cm³/mol. The van der Waals surface area contributed by atoms with Gasteiger partial charge in [0.25, 0.3) is 11.7 Å². The molecule has 0 spiro atoms. The summed E-state index contributed by atoms with van der Waals surface area (Å²) in [6.45, 7) is 1.78. The smallest absolute Gasteiger partial charge is 0.300 e. The number of methoxy groups -OCH3 is 2. The summed E-state index contributed by atoms with van der Waals surface area (Å²) < 4.78 is 10.5. The van der Waals surface area contributed by atoms with Crippen molar-refractivity contribution in [3.63, 3.8) is 0 Å². The van der Waals surface area contributed by atoms with Gasteiger partial charge in [-0.2, -0.15) is 0 Å². The van der Waals surface area contributed by atoms with E-state index < -0.39 is 17.7 Å². The van der Waals surface area contributed by atoms with Crippen molar-refractivity contribution in [2.24, 2.45) is 0 Å². The van der Waals surface area contributed by atoms with Crippen LogP contribution in [-0.4, -0.2) is 36.1 Å². The first-order valence-corrected chi connectivity index (χ1v) is 10.2. The number of Topliss-reactive ketones (excluding diaryl/α,β-unsaturated/α-hetero) is 1. The first kappa shape index (κ1) is 22.0. The molecular formula is C26H23NO6. The van der Waals surface area contributed by atoms with Crippen molar-refractivity contribution in [3.8, 4) is 17.2 Å². The van der Waals surface area contributed by atoms with Gasteiger partial charge in [0.2, 0.25) is 0 Å². The van der Waals surface area contributed by atoms with Gasteiger partial charge < -0.3 is 19.7 Å². The van der Waals surface area contributed by atoms with Crippen LogP contribution in [0.5, 0.6) is 17.2 Å². The van der Waals surface area contributed by atoms with Crippen LogP contribution in [0.4, 0.5) is 5.69 Å². The third-order valence-electron chi connectivity index (χ3n) is 5.71. The Balaban J connectivity index is 1.96. The Labute approximate surface area is 191 Å². The highest BCUT2D eigenvalue weighted by Crippen LogP contribution is 2.45. The highest BCUT2D eigenvalue weighted by molar-refractivity contribution is 6.52. The second kappa shape index (κ2) is 8.70. The largest absolute Gasteiger partial charge is 0.507 e. The summed E-state index contributed by atoms with van der Waals surface area (Å²) in [6, 6.07) is 17.2. The summed E-state index contributed by atoms with van der Waals surface area (Å²) in [6.07, 6.45) is 0. The zero-order valence-electron chi connectivity index (χ0n) is 18.4. The molecule has 0 saturated carbocycles. The van der Waals surface area contributed by atoms with E-state index in [9.17, 15) is 19.8 Å². The van der Waals surface area contributed by atoms with Crippen molar-refractivity contribution < 1.29 is 29.3 Å². The van der Waals surface area contributed by atoms with Crippen LogP contribution in [0.1, 0.15) is 22.7 Å². The number of para-hydroxylation sites is 2. The zero-order valence-corrected chi connectivity index (χ0v) is 18.4. The number of hydrogen-bond acceptors (Lipinski definition) is 6. The first-order chi connectivity index (χ1) is 15.9. The molecule has 7 heteroatoms. The molecule has 0 aliphatic carbocycles. The molecule has 0 radical (unpaired) electrons. The summed E-state index contributed by atoms with van der Waals surface area (Å²) in [7, 11) is 3.07. The van der Waals surface area contributed by atoms with E-state index in [-0.39, 0.29) is 22.8 Å². The van der Waals surface area contributed by atoms with Gasteiger partial charge in [-0.05, 0) is 60.5 Å². The van der Waals surface area contributed by atoms with Crippen molar-refractivity contribution in [3.05, 3.63) is 89.0 Å². The molecule has 1 unspecified atom stereocenters. The topological polar surface area (TPSA) is 96.3 Å². The summed E-state index contributed by atoms with van der Waals surface area (Å²) in [5, 5.41) is 21.7. The number of benzene rings is 3. The molecule has 3 aromatic rings. The van der Waals surface area contributed by atoms with E-state index >= 15 is 0 Å². The van der Waals surface area contributed by atoms with E-state index in [1.165, 1.54) is 25.2 Å². The Kier molecular flexibility index (Phi) is 5.79. The van der Waals surface area contributed by atoms with Crippen LogP contribution >= 0.6 is 0 Å². The van der Waals surface area contributed by atoms with Gasteiger partial charge in [0.1, 0.15) is 23.0 Å². The fraction of sp³-hybridized carbons (Fsp3) is 0.154. The number of carbonyl (C=O) groups excluding carboxylic acids is 2. The van der Waals surface area contributed by atoms with Gasteiger partial charge in [-0.1, -0.05) is 24.3 Å². The molecule has 1 amide bonds. The number of anilines is 1. The molecule has 1 heterocycles. The highest BCUT2D eigenvalue weighted by Gasteiger charge is 2.47. The maximum Gasteiger partial charge on any atom is 0.300 e. The molecule has 3 aromatic carbocycles. The summed E-state index contributed by atoms with van der Waals surface area (Å²) in [4.78, 5) is 27.6. The highest BCUT2D eigenvalue weighted by atomic mass is 16.5. The van der Waals surface area contributed by atoms with Gasteiger partial charge >= 0.3 is 0 Å². The lowest BCUT2D eigenvalue weighted by Crippen LogP contribution is -2.29. The molecule has 7 nitrogen and oxygen atoms in total. The summed E-state index contributed by atoms with van der Waals surface area (Å²) in [5.74, 6) is -0.933. The van der Waals surface area contributed by atoms with E-state index in [1.54, 1.807) is 67.6 Å². The van der Waals surface area contributed by atoms with E-state index in [0.29, 0.717) is 28.2 Å². The van der Waals surface area contributed by atoms with Gasteiger partial charge in [-0.15, -0.1) is 0 Å². The maximum atomic E-state index is 13.2. The van der Waals surface area contributed by atoms with Gasteiger partial charge in [0.05, 0.1) is 31.5 Å². The number of phenolic OH excluding ortho intramolecular Hbond substituents is 1. The minimum absolute atomic E-state index is 0.0679. The SMILES string of the molecule is COc1ccc(C2/C(=C(/O)c3ccc(OC)cc3C)C(=O)C(=O)N2c2ccccc2O)cc1. The molecule has 0 aromatic heterocycles. The number of carbonyl (C=O) groups is 2. The van der Waals surface area contributed by atoms with E-state index in [2.05, 4.69) is 0 Å². The lowest BCUT2D eigenvalue weighted by atomic mass is 9.93. The predicted octanol–water partition coefficient (Wildman–Crippen LogP) is 4.34. The van der Waals surface area contributed by atoms with Crippen LogP contribution in [0.25, 0.3) is 5.76 Å². The standard InChI is InChI=1S/C26H23NO6/c1-15-14-18(33-3)12-13-19(15)24(29)22-23(16-8-10-17(32-2)11-9-16)27(26(31)25(22)30)20-6-4-5-7-21(20)28/h4-14,23,28-29H,1-3H3/b24-22-. The number of aromatic hydroxyl groups is 1. The van der Waals surface area contributed by atoms with Crippen LogP contribution in [0.3, 0.4) is 0 Å². The molecular weight excluding hydrogens is 422 g/mol. The molecule has 1 aliphatic heterocycles. The Hall–Kier alpha value is -4.26. The average molecular weight is 445 g/mol. The third kappa shape index (κ3) is 3.78. The van der Waals surface area contributed by atoms with E-state index in [4.69, 9.17) is 9.47 Å². The Morgan fingerprint density at radius 3 is 2.15 bits per heavy atom. The summed E-state index contributed by atoms with van der Waals surface area (Å²) in [5.41, 5.74) is 1.76. The lowest BCUT2D eigenvalue weighted by molar-refractivity contribution is -0.132. The number of aliphatic hydroxyl groups excluding tert-OH is 1. The van der Waals surface area contributed by atoms with Gasteiger partial charge in [-0.25, -0.2) is 0 Å². The van der Waals surface area contributed by atoms with Crippen molar-refractivity contribution in [2.45, 2.75) is 13.0 Å². The lowest BCUT2D eigenvalue weighted by Gasteiger charge is -2.26. The molecule has 168 valence electrons. The molecule has 2 N–H and O–H groups in total. The second-order valence-corrected chi connectivity index (χ2v) is 7.61.